The van der Waals surface area contributed by atoms with Gasteiger partial charge in [-0.3, -0.25) is 4.79 Å². The van der Waals surface area contributed by atoms with E-state index in [9.17, 15) is 4.79 Å². The molecule has 0 unspecified atom stereocenters. The van der Waals surface area contributed by atoms with Crippen LogP contribution in [0.25, 0.3) is 10.9 Å². The molecule has 24 heavy (non-hydrogen) atoms. The first-order valence-electron chi connectivity index (χ1n) is 7.55. The number of para-hydroxylation sites is 1. The van der Waals surface area contributed by atoms with Gasteiger partial charge in [-0.15, -0.1) is 0 Å². The van der Waals surface area contributed by atoms with Gasteiger partial charge in [-0.1, -0.05) is 29.8 Å². The molecule has 5 nitrogen and oxygen atoms in total. The van der Waals surface area contributed by atoms with Crippen molar-refractivity contribution in [2.24, 2.45) is 0 Å². The van der Waals surface area contributed by atoms with Gasteiger partial charge in [0.2, 0.25) is 0 Å². The summed E-state index contributed by atoms with van der Waals surface area (Å²) in [6.07, 6.45) is 0. The van der Waals surface area contributed by atoms with Crippen LogP contribution in [0.15, 0.2) is 48.5 Å². The van der Waals surface area contributed by atoms with E-state index in [0.29, 0.717) is 23.0 Å². The summed E-state index contributed by atoms with van der Waals surface area (Å²) in [6.45, 7) is 0.489. The molecule has 124 valence electrons. The van der Waals surface area contributed by atoms with E-state index in [4.69, 9.17) is 21.4 Å². The van der Waals surface area contributed by atoms with Crippen LogP contribution in [0.5, 0.6) is 5.75 Å². The Morgan fingerprint density at radius 3 is 2.88 bits per heavy atom. The van der Waals surface area contributed by atoms with Crippen LogP contribution in [0.4, 0.5) is 0 Å². The van der Waals surface area contributed by atoms with Crippen LogP contribution in [-0.2, 0) is 6.54 Å². The van der Waals surface area contributed by atoms with Gasteiger partial charge in [0, 0.05) is 28.0 Å². The van der Waals surface area contributed by atoms with Crippen molar-refractivity contribution in [3.63, 3.8) is 0 Å². The maximum atomic E-state index is 12.3. The van der Waals surface area contributed by atoms with Gasteiger partial charge in [-0.05, 0) is 30.3 Å². The minimum Gasteiger partial charge on any atom is -0.491 e. The molecule has 6 heteroatoms. The first-order valence-corrected chi connectivity index (χ1v) is 7.93. The number of carbonyl (C=O) groups is 1. The predicted octanol–water partition coefficient (Wildman–Crippen LogP) is 3.12. The van der Waals surface area contributed by atoms with E-state index < -0.39 is 0 Å². The maximum Gasteiger partial charge on any atom is 0.267 e. The highest BCUT2D eigenvalue weighted by Gasteiger charge is 2.11. The van der Waals surface area contributed by atoms with Crippen LogP contribution in [0.1, 0.15) is 16.1 Å². The zero-order valence-electron chi connectivity index (χ0n) is 12.9. The third kappa shape index (κ3) is 3.69. The molecule has 2 aromatic carbocycles. The molecule has 1 aromatic heterocycles. The number of benzene rings is 2. The fourth-order valence-corrected chi connectivity index (χ4v) is 2.62. The van der Waals surface area contributed by atoms with E-state index in [1.54, 1.807) is 12.1 Å². The van der Waals surface area contributed by atoms with E-state index in [0.717, 1.165) is 16.5 Å². The quantitative estimate of drug-likeness (QED) is 0.643. The van der Waals surface area contributed by atoms with Gasteiger partial charge in [0.25, 0.3) is 5.91 Å². The third-order valence-electron chi connectivity index (χ3n) is 3.59. The van der Waals surface area contributed by atoms with Crippen LogP contribution < -0.4 is 10.1 Å². The first-order chi connectivity index (χ1) is 11.7. The average molecular weight is 345 g/mol. The minimum atomic E-state index is -0.209. The predicted molar refractivity (Wildman–Crippen MR) is 93.5 cm³/mol. The maximum absolute atomic E-state index is 12.3. The number of hydrogen-bond acceptors (Lipinski definition) is 3. The van der Waals surface area contributed by atoms with Crippen molar-refractivity contribution in [3.05, 3.63) is 64.8 Å². The molecule has 0 radical (unpaired) electrons. The molecule has 1 heterocycles. The molecule has 0 aliphatic heterocycles. The van der Waals surface area contributed by atoms with E-state index in [1.807, 2.05) is 36.4 Å². The summed E-state index contributed by atoms with van der Waals surface area (Å²) in [5, 5.41) is 13.2. The highest BCUT2D eigenvalue weighted by Crippen LogP contribution is 2.21. The normalized spacial score (nSPS) is 10.8. The van der Waals surface area contributed by atoms with Gasteiger partial charge in [0.15, 0.2) is 0 Å². The van der Waals surface area contributed by atoms with Crippen molar-refractivity contribution in [2.75, 3.05) is 13.2 Å². The van der Waals surface area contributed by atoms with Crippen molar-refractivity contribution in [1.82, 2.24) is 10.3 Å². The van der Waals surface area contributed by atoms with Crippen molar-refractivity contribution >= 4 is 28.4 Å². The topological polar surface area (TPSA) is 74.3 Å². The Balaban J connectivity index is 1.70. The Kier molecular flexibility index (Phi) is 5.03. The lowest BCUT2D eigenvalue weighted by molar-refractivity contribution is 0.0946. The van der Waals surface area contributed by atoms with Crippen LogP contribution in [0.2, 0.25) is 5.02 Å². The molecule has 0 fully saturated rings. The molecule has 0 saturated heterocycles. The number of aliphatic hydroxyl groups excluding tert-OH is 1. The molecule has 0 aliphatic carbocycles. The molecule has 0 aliphatic rings. The number of carbonyl (C=O) groups excluding carboxylic acids is 1. The number of aromatic nitrogens is 1. The summed E-state index contributed by atoms with van der Waals surface area (Å²) in [7, 11) is 0. The zero-order chi connectivity index (χ0) is 16.9. The summed E-state index contributed by atoms with van der Waals surface area (Å²) >= 11 is 5.96. The lowest BCUT2D eigenvalue weighted by Gasteiger charge is -2.11. The average Bonchev–Trinajstić information content (AvgIpc) is 3.01. The Labute approximate surface area is 144 Å². The molecular formula is C18H17ClN2O3. The van der Waals surface area contributed by atoms with E-state index in [-0.39, 0.29) is 19.1 Å². The van der Waals surface area contributed by atoms with Crippen LogP contribution in [-0.4, -0.2) is 29.2 Å². The van der Waals surface area contributed by atoms with E-state index in [2.05, 4.69) is 10.3 Å². The molecule has 3 aromatic rings. The summed E-state index contributed by atoms with van der Waals surface area (Å²) in [4.78, 5) is 15.4. The molecule has 0 atom stereocenters. The Morgan fingerprint density at radius 2 is 2.04 bits per heavy atom. The zero-order valence-corrected chi connectivity index (χ0v) is 13.6. The van der Waals surface area contributed by atoms with Gasteiger partial charge < -0.3 is 20.1 Å². The number of halogens is 1. The van der Waals surface area contributed by atoms with Gasteiger partial charge in [0.05, 0.1) is 6.61 Å². The molecule has 3 rings (SSSR count). The SMILES string of the molecule is O=C(NCc1ccccc1OCCO)c1cc2cc(Cl)ccc2[nH]1. The number of nitrogens with one attached hydrogen (secondary N) is 2. The number of H-pyrrole nitrogens is 1. The fraction of sp³-hybridized carbons (Fsp3) is 0.167. The molecular weight excluding hydrogens is 328 g/mol. The van der Waals surface area contributed by atoms with Gasteiger partial charge in [0.1, 0.15) is 18.1 Å². The molecule has 1 amide bonds. The Hall–Kier alpha value is -2.50. The summed E-state index contributed by atoms with van der Waals surface area (Å²) in [5.74, 6) is 0.439. The molecule has 0 saturated carbocycles. The second-order valence-corrected chi connectivity index (χ2v) is 5.71. The largest absolute Gasteiger partial charge is 0.491 e. The first kappa shape index (κ1) is 16.4. The molecule has 3 N–H and O–H groups in total. The number of rotatable bonds is 6. The van der Waals surface area contributed by atoms with Gasteiger partial charge >= 0.3 is 0 Å². The monoisotopic (exact) mass is 344 g/mol. The molecule has 0 spiro atoms. The van der Waals surface area contributed by atoms with E-state index in [1.165, 1.54) is 0 Å². The van der Waals surface area contributed by atoms with Crippen LogP contribution in [0, 0.1) is 0 Å². The fourth-order valence-electron chi connectivity index (χ4n) is 2.44. The highest BCUT2D eigenvalue weighted by atomic mass is 35.5. The van der Waals surface area contributed by atoms with Crippen molar-refractivity contribution in [2.45, 2.75) is 6.54 Å². The smallest absolute Gasteiger partial charge is 0.267 e. The highest BCUT2D eigenvalue weighted by molar-refractivity contribution is 6.31. The second-order valence-electron chi connectivity index (χ2n) is 5.28. The Morgan fingerprint density at radius 1 is 1.21 bits per heavy atom. The summed E-state index contributed by atoms with van der Waals surface area (Å²) < 4.78 is 5.46. The number of aliphatic hydroxyl groups is 1. The van der Waals surface area contributed by atoms with Gasteiger partial charge in [-0.25, -0.2) is 0 Å². The standard InChI is InChI=1S/C18H17ClN2O3/c19-14-5-6-15-13(9-14)10-16(21-15)18(23)20-11-12-3-1-2-4-17(12)24-8-7-22/h1-6,9-10,21-22H,7-8,11H2,(H,20,23). The van der Waals surface area contributed by atoms with E-state index >= 15 is 0 Å². The third-order valence-corrected chi connectivity index (χ3v) is 3.82. The number of hydrogen-bond donors (Lipinski definition) is 3. The van der Waals surface area contributed by atoms with Crippen molar-refractivity contribution < 1.29 is 14.6 Å². The van der Waals surface area contributed by atoms with Crippen LogP contribution in [0.3, 0.4) is 0 Å². The number of ether oxygens (including phenoxy) is 1. The Bertz CT molecular complexity index is 860. The number of fused-ring (bicyclic) bond motifs is 1. The van der Waals surface area contributed by atoms with Crippen molar-refractivity contribution in [3.8, 4) is 5.75 Å². The second kappa shape index (κ2) is 7.38. The summed E-state index contributed by atoms with van der Waals surface area (Å²) in [6, 6.07) is 14.6. The lowest BCUT2D eigenvalue weighted by Crippen LogP contribution is -2.23. The number of amides is 1. The number of aromatic amines is 1. The molecule has 0 bridgehead atoms. The van der Waals surface area contributed by atoms with Crippen molar-refractivity contribution in [1.29, 1.82) is 0 Å². The lowest BCUT2D eigenvalue weighted by atomic mass is 10.2. The minimum absolute atomic E-state index is 0.0572. The van der Waals surface area contributed by atoms with Gasteiger partial charge in [-0.2, -0.15) is 0 Å². The van der Waals surface area contributed by atoms with Crippen LogP contribution >= 0.6 is 11.6 Å². The summed E-state index contributed by atoms with van der Waals surface area (Å²) in [5.41, 5.74) is 2.18.